The van der Waals surface area contributed by atoms with Crippen LogP contribution in [0.4, 0.5) is 0 Å². The van der Waals surface area contributed by atoms with Crippen LogP contribution < -0.4 is 10.1 Å². The Morgan fingerprint density at radius 3 is 2.94 bits per heavy atom. The van der Waals surface area contributed by atoms with E-state index in [1.54, 1.807) is 7.11 Å². The zero-order valence-corrected chi connectivity index (χ0v) is 11.1. The Kier molecular flexibility index (Phi) is 5.44. The van der Waals surface area contributed by atoms with Gasteiger partial charge in [0, 0.05) is 0 Å². The number of carboxylic acid groups (broad SMARTS) is 1. The molecule has 0 radical (unpaired) electrons. The first kappa shape index (κ1) is 14.8. The number of benzene rings is 1. The first-order chi connectivity index (χ1) is 8.19. The fourth-order valence-electron chi connectivity index (χ4n) is 2.29. The monoisotopic (exact) mass is 271 g/mol. The molecule has 18 heavy (non-hydrogen) atoms. The van der Waals surface area contributed by atoms with Crippen LogP contribution in [0.5, 0.6) is 5.75 Å². The molecule has 1 fully saturated rings. The molecule has 0 unspecified atom stereocenters. The molecule has 1 aromatic carbocycles. The number of methoxy groups -OCH3 is 1. The summed E-state index contributed by atoms with van der Waals surface area (Å²) in [7, 11) is 1.65. The van der Waals surface area contributed by atoms with Gasteiger partial charge in [-0.2, -0.15) is 0 Å². The molecule has 1 saturated heterocycles. The Morgan fingerprint density at radius 1 is 1.56 bits per heavy atom. The average molecular weight is 272 g/mol. The standard InChI is InChI=1S/C13H17NO3.ClH/c1-17-11-4-2-3-9(6-11)5-10-7-12(13(15)16)14-8-10;/h2-4,6,10,12,14H,5,7-8H2,1H3,(H,15,16);1H/t10-,12-;/m0./s1. The molecule has 0 spiro atoms. The van der Waals surface area contributed by atoms with Crippen molar-refractivity contribution in [2.45, 2.75) is 18.9 Å². The number of nitrogens with one attached hydrogen (secondary N) is 1. The minimum atomic E-state index is -0.752. The number of hydrogen-bond acceptors (Lipinski definition) is 3. The van der Waals surface area contributed by atoms with Gasteiger partial charge in [-0.15, -0.1) is 12.4 Å². The van der Waals surface area contributed by atoms with Crippen LogP contribution in [-0.4, -0.2) is 30.8 Å². The van der Waals surface area contributed by atoms with Crippen molar-refractivity contribution in [3.8, 4) is 5.75 Å². The van der Waals surface area contributed by atoms with Gasteiger partial charge in [0.15, 0.2) is 0 Å². The molecule has 2 N–H and O–H groups in total. The van der Waals surface area contributed by atoms with Crippen molar-refractivity contribution < 1.29 is 14.6 Å². The normalized spacial score (nSPS) is 22.3. The predicted octanol–water partition coefficient (Wildman–Crippen LogP) is 1.72. The summed E-state index contributed by atoms with van der Waals surface area (Å²) in [6, 6.07) is 7.55. The van der Waals surface area contributed by atoms with Gasteiger partial charge >= 0.3 is 5.97 Å². The van der Waals surface area contributed by atoms with Crippen molar-refractivity contribution in [3.05, 3.63) is 29.8 Å². The van der Waals surface area contributed by atoms with Gasteiger partial charge < -0.3 is 15.2 Å². The summed E-state index contributed by atoms with van der Waals surface area (Å²) < 4.78 is 5.17. The van der Waals surface area contributed by atoms with Crippen LogP contribution in [0.15, 0.2) is 24.3 Å². The lowest BCUT2D eigenvalue weighted by atomic mass is 9.96. The SMILES string of the molecule is COc1cccc(C[C@@H]2CN[C@H](C(=O)O)C2)c1.Cl. The molecule has 0 aromatic heterocycles. The molecule has 0 bridgehead atoms. The van der Waals surface area contributed by atoms with Crippen LogP contribution in [0.2, 0.25) is 0 Å². The van der Waals surface area contributed by atoms with E-state index in [4.69, 9.17) is 9.84 Å². The van der Waals surface area contributed by atoms with E-state index in [1.165, 1.54) is 5.56 Å². The zero-order valence-electron chi connectivity index (χ0n) is 10.3. The van der Waals surface area contributed by atoms with Crippen molar-refractivity contribution in [2.24, 2.45) is 5.92 Å². The van der Waals surface area contributed by atoms with Gasteiger partial charge in [-0.25, -0.2) is 0 Å². The molecule has 2 rings (SSSR count). The van der Waals surface area contributed by atoms with Crippen molar-refractivity contribution >= 4 is 18.4 Å². The van der Waals surface area contributed by atoms with Crippen molar-refractivity contribution in [2.75, 3.05) is 13.7 Å². The topological polar surface area (TPSA) is 58.6 Å². The van der Waals surface area contributed by atoms with Crippen LogP contribution >= 0.6 is 12.4 Å². The van der Waals surface area contributed by atoms with E-state index < -0.39 is 5.97 Å². The highest BCUT2D eigenvalue weighted by atomic mass is 35.5. The summed E-state index contributed by atoms with van der Waals surface area (Å²) >= 11 is 0. The number of carboxylic acids is 1. The summed E-state index contributed by atoms with van der Waals surface area (Å²) in [6.45, 7) is 0.772. The molecule has 5 heteroatoms. The van der Waals surface area contributed by atoms with Crippen LogP contribution in [-0.2, 0) is 11.2 Å². The molecule has 1 aromatic rings. The van der Waals surface area contributed by atoms with Crippen LogP contribution in [0.3, 0.4) is 0 Å². The van der Waals surface area contributed by atoms with Gasteiger partial charge in [-0.05, 0) is 43.0 Å². The first-order valence-corrected chi connectivity index (χ1v) is 5.78. The van der Waals surface area contributed by atoms with E-state index in [0.717, 1.165) is 18.7 Å². The van der Waals surface area contributed by atoms with E-state index in [1.807, 2.05) is 18.2 Å². The van der Waals surface area contributed by atoms with E-state index in [2.05, 4.69) is 11.4 Å². The molecule has 1 aliphatic heterocycles. The Balaban J connectivity index is 0.00000162. The van der Waals surface area contributed by atoms with Crippen molar-refractivity contribution in [1.29, 1.82) is 0 Å². The number of aliphatic carboxylic acids is 1. The number of halogens is 1. The van der Waals surface area contributed by atoms with Gasteiger partial charge in [0.2, 0.25) is 0 Å². The molecule has 0 aliphatic carbocycles. The maximum atomic E-state index is 10.8. The largest absolute Gasteiger partial charge is 0.497 e. The number of rotatable bonds is 4. The molecular formula is C13H18ClNO3. The van der Waals surface area contributed by atoms with Gasteiger partial charge in [-0.3, -0.25) is 4.79 Å². The average Bonchev–Trinajstić information content (AvgIpc) is 2.78. The van der Waals surface area contributed by atoms with E-state index in [0.29, 0.717) is 12.3 Å². The smallest absolute Gasteiger partial charge is 0.320 e. The molecular weight excluding hydrogens is 254 g/mol. The zero-order chi connectivity index (χ0) is 12.3. The molecule has 4 nitrogen and oxygen atoms in total. The Morgan fingerprint density at radius 2 is 2.33 bits per heavy atom. The first-order valence-electron chi connectivity index (χ1n) is 5.78. The number of carbonyl (C=O) groups is 1. The second kappa shape index (κ2) is 6.61. The third-order valence-corrected chi connectivity index (χ3v) is 3.18. The number of hydrogen-bond donors (Lipinski definition) is 2. The summed E-state index contributed by atoms with van der Waals surface area (Å²) in [4.78, 5) is 10.8. The highest BCUT2D eigenvalue weighted by Crippen LogP contribution is 2.21. The minimum Gasteiger partial charge on any atom is -0.497 e. The lowest BCUT2D eigenvalue weighted by Crippen LogP contribution is -2.29. The number of ether oxygens (including phenoxy) is 1. The Bertz CT molecular complexity index is 411. The molecule has 0 amide bonds. The van der Waals surface area contributed by atoms with Crippen molar-refractivity contribution in [3.63, 3.8) is 0 Å². The lowest BCUT2D eigenvalue weighted by Gasteiger charge is -2.09. The Labute approximate surface area is 113 Å². The van der Waals surface area contributed by atoms with Gasteiger partial charge in [0.25, 0.3) is 0 Å². The second-order valence-corrected chi connectivity index (χ2v) is 4.46. The maximum absolute atomic E-state index is 10.8. The van der Waals surface area contributed by atoms with Crippen molar-refractivity contribution in [1.82, 2.24) is 5.32 Å². The van der Waals surface area contributed by atoms with E-state index in [9.17, 15) is 4.79 Å². The van der Waals surface area contributed by atoms with Crippen LogP contribution in [0.25, 0.3) is 0 Å². The molecule has 0 saturated carbocycles. The van der Waals surface area contributed by atoms with Gasteiger partial charge in [0.1, 0.15) is 11.8 Å². The lowest BCUT2D eigenvalue weighted by molar-refractivity contribution is -0.139. The summed E-state index contributed by atoms with van der Waals surface area (Å²) in [5, 5.41) is 11.9. The molecule has 100 valence electrons. The quantitative estimate of drug-likeness (QED) is 0.876. The highest BCUT2D eigenvalue weighted by molar-refractivity contribution is 5.85. The van der Waals surface area contributed by atoms with E-state index in [-0.39, 0.29) is 18.4 Å². The maximum Gasteiger partial charge on any atom is 0.320 e. The van der Waals surface area contributed by atoms with Gasteiger partial charge in [0.05, 0.1) is 7.11 Å². The minimum absolute atomic E-state index is 0. The Hall–Kier alpha value is -1.26. The molecule has 1 aliphatic rings. The fourth-order valence-corrected chi connectivity index (χ4v) is 2.29. The summed E-state index contributed by atoms with van der Waals surface area (Å²) in [6.07, 6.45) is 1.60. The second-order valence-electron chi connectivity index (χ2n) is 4.46. The molecule has 2 atom stereocenters. The highest BCUT2D eigenvalue weighted by Gasteiger charge is 2.28. The summed E-state index contributed by atoms with van der Waals surface area (Å²) in [5.41, 5.74) is 1.20. The molecule has 1 heterocycles. The van der Waals surface area contributed by atoms with Crippen LogP contribution in [0, 0.1) is 5.92 Å². The van der Waals surface area contributed by atoms with Gasteiger partial charge in [-0.1, -0.05) is 12.1 Å². The third-order valence-electron chi connectivity index (χ3n) is 3.18. The predicted molar refractivity (Wildman–Crippen MR) is 71.5 cm³/mol. The summed E-state index contributed by atoms with van der Waals surface area (Å²) in [5.74, 6) is 0.490. The van der Waals surface area contributed by atoms with E-state index >= 15 is 0 Å². The van der Waals surface area contributed by atoms with Crippen LogP contribution in [0.1, 0.15) is 12.0 Å². The fraction of sp³-hybridized carbons (Fsp3) is 0.462. The third kappa shape index (κ3) is 3.62.